The molecule has 0 aromatic carbocycles. The Hall–Kier alpha value is -1.13. The van der Waals surface area contributed by atoms with Crippen molar-refractivity contribution in [1.29, 1.82) is 0 Å². The normalized spacial score (nSPS) is 9.29. The summed E-state index contributed by atoms with van der Waals surface area (Å²) in [5.41, 5.74) is 0. The summed E-state index contributed by atoms with van der Waals surface area (Å²) in [7, 11) is 0. The van der Waals surface area contributed by atoms with Crippen LogP contribution in [0.3, 0.4) is 0 Å². The van der Waals surface area contributed by atoms with Crippen LogP contribution in [0.4, 0.5) is 4.39 Å². The summed E-state index contributed by atoms with van der Waals surface area (Å²) in [6.45, 7) is 0. The summed E-state index contributed by atoms with van der Waals surface area (Å²) < 4.78 is 15.3. The maximum atomic E-state index is 11.6. The van der Waals surface area contributed by atoms with Gasteiger partial charge in [0.15, 0.2) is 0 Å². The highest BCUT2D eigenvalue weighted by Crippen LogP contribution is 2.06. The minimum Gasteiger partial charge on any atom is -0.476 e. The molecule has 5 heteroatoms. The summed E-state index contributed by atoms with van der Waals surface area (Å²) in [6, 6.07) is 0. The average Bonchev–Trinajstić information content (AvgIpc) is 1.91. The molecule has 0 fully saturated rings. The molecule has 1 aromatic heterocycles. The van der Waals surface area contributed by atoms with Gasteiger partial charge in [-0.1, -0.05) is 5.10 Å². The van der Waals surface area contributed by atoms with Crippen LogP contribution in [0.25, 0.3) is 0 Å². The fourth-order valence-electron chi connectivity index (χ4n) is 0.175. The van der Waals surface area contributed by atoms with Gasteiger partial charge in [-0.3, -0.25) is 4.52 Å². The van der Waals surface area contributed by atoms with Crippen molar-refractivity contribution in [2.45, 2.75) is 0 Å². The highest BCUT2D eigenvalue weighted by Gasteiger charge is 2.03. The van der Waals surface area contributed by atoms with Gasteiger partial charge >= 0.3 is 11.9 Å². The van der Waals surface area contributed by atoms with Crippen LogP contribution in [0.1, 0.15) is 0 Å². The standard InChI is InChI=1S/C2HFN2O2/c3-1-2(6)7-5-4-1/h6H. The summed E-state index contributed by atoms with van der Waals surface area (Å²) in [5.74, 6) is -1.96. The number of halogens is 1. The van der Waals surface area contributed by atoms with Gasteiger partial charge in [0.1, 0.15) is 0 Å². The monoisotopic (exact) mass is 104 g/mol. The fraction of sp³-hybridized carbons (Fsp3) is 0. The molecule has 0 aliphatic carbocycles. The van der Waals surface area contributed by atoms with E-state index in [1.807, 2.05) is 0 Å². The van der Waals surface area contributed by atoms with Crippen molar-refractivity contribution < 1.29 is 14.0 Å². The number of aromatic hydroxyl groups is 1. The molecule has 0 aliphatic rings. The quantitative estimate of drug-likeness (QED) is 0.499. The second-order valence-corrected chi connectivity index (χ2v) is 0.869. The summed E-state index contributed by atoms with van der Waals surface area (Å²) in [5, 5.41) is 13.4. The molecule has 0 saturated heterocycles. The molecule has 1 heterocycles. The minimum absolute atomic E-state index is 0.875. The van der Waals surface area contributed by atoms with Crippen molar-refractivity contribution in [3.63, 3.8) is 0 Å². The third-order valence-electron chi connectivity index (χ3n) is 0.432. The molecule has 0 amide bonds. The molecule has 1 N–H and O–H groups in total. The van der Waals surface area contributed by atoms with Gasteiger partial charge in [0.05, 0.1) is 0 Å². The van der Waals surface area contributed by atoms with Gasteiger partial charge in [0.2, 0.25) is 0 Å². The van der Waals surface area contributed by atoms with Crippen molar-refractivity contribution in [2.24, 2.45) is 0 Å². The van der Waals surface area contributed by atoms with Gasteiger partial charge in [-0.15, -0.1) is 0 Å². The van der Waals surface area contributed by atoms with E-state index in [1.165, 1.54) is 0 Å². The van der Waals surface area contributed by atoms with Crippen LogP contribution in [-0.4, -0.2) is 15.5 Å². The Morgan fingerprint density at radius 3 is 2.57 bits per heavy atom. The van der Waals surface area contributed by atoms with Gasteiger partial charge in [0, 0.05) is 5.27 Å². The number of hydrogen-bond acceptors (Lipinski definition) is 4. The predicted octanol–water partition coefficient (Wildman–Crippen LogP) is -0.0857. The number of hydrogen-bond donors (Lipinski definition) is 1. The van der Waals surface area contributed by atoms with Gasteiger partial charge in [-0.05, 0) is 0 Å². The number of rotatable bonds is 0. The van der Waals surface area contributed by atoms with E-state index in [-0.39, 0.29) is 0 Å². The largest absolute Gasteiger partial charge is 0.476 e. The lowest BCUT2D eigenvalue weighted by Gasteiger charge is -1.68. The molecule has 38 valence electrons. The Balaban J connectivity index is 3.12. The van der Waals surface area contributed by atoms with E-state index in [2.05, 4.69) is 14.9 Å². The Bertz CT molecular complexity index is 146. The fourth-order valence-corrected chi connectivity index (χ4v) is 0.175. The van der Waals surface area contributed by atoms with E-state index in [9.17, 15) is 4.39 Å². The number of nitrogens with zero attached hydrogens (tertiary/aromatic N) is 2. The Kier molecular flexibility index (Phi) is 0.680. The molecular weight excluding hydrogens is 103 g/mol. The van der Waals surface area contributed by atoms with E-state index in [4.69, 9.17) is 5.11 Å². The first-order valence-corrected chi connectivity index (χ1v) is 1.47. The molecule has 4 nitrogen and oxygen atoms in total. The van der Waals surface area contributed by atoms with Crippen LogP contribution in [0.15, 0.2) is 4.52 Å². The van der Waals surface area contributed by atoms with Gasteiger partial charge < -0.3 is 5.11 Å². The van der Waals surface area contributed by atoms with Crippen LogP contribution in [-0.2, 0) is 0 Å². The third-order valence-corrected chi connectivity index (χ3v) is 0.432. The van der Waals surface area contributed by atoms with Crippen LogP contribution < -0.4 is 0 Å². The van der Waals surface area contributed by atoms with Gasteiger partial charge in [-0.2, -0.15) is 4.39 Å². The van der Waals surface area contributed by atoms with Crippen molar-refractivity contribution >= 4 is 0 Å². The lowest BCUT2D eigenvalue weighted by atomic mass is 10.9. The summed E-state index contributed by atoms with van der Waals surface area (Å²) >= 11 is 0. The minimum atomic E-state index is -1.08. The predicted molar refractivity (Wildman–Crippen MR) is 15.9 cm³/mol. The molecule has 0 saturated carbocycles. The average molecular weight is 104 g/mol. The van der Waals surface area contributed by atoms with Gasteiger partial charge in [0.25, 0.3) is 0 Å². The highest BCUT2D eigenvalue weighted by molar-refractivity contribution is 4.91. The molecule has 7 heavy (non-hydrogen) atoms. The molecule has 0 bridgehead atoms. The van der Waals surface area contributed by atoms with E-state index in [1.54, 1.807) is 0 Å². The zero-order valence-electron chi connectivity index (χ0n) is 3.13. The van der Waals surface area contributed by atoms with Crippen LogP contribution in [0.2, 0.25) is 0 Å². The molecule has 0 spiro atoms. The smallest absolute Gasteiger partial charge is 0.367 e. The van der Waals surface area contributed by atoms with Crippen LogP contribution in [0, 0.1) is 5.95 Å². The topological polar surface area (TPSA) is 59.2 Å². The summed E-state index contributed by atoms with van der Waals surface area (Å²) in [4.78, 5) is 0. The molecule has 0 unspecified atom stereocenters. The van der Waals surface area contributed by atoms with Crippen molar-refractivity contribution in [3.05, 3.63) is 5.95 Å². The molecular formula is C2HFN2O2. The Morgan fingerprint density at radius 1 is 1.71 bits per heavy atom. The molecule has 0 radical (unpaired) electrons. The van der Waals surface area contributed by atoms with E-state index >= 15 is 0 Å². The zero-order valence-corrected chi connectivity index (χ0v) is 3.13. The molecule has 1 rings (SSSR count). The number of aromatic nitrogens is 2. The Labute approximate surface area is 37.5 Å². The molecule has 0 atom stereocenters. The van der Waals surface area contributed by atoms with Crippen molar-refractivity contribution in [1.82, 2.24) is 10.4 Å². The van der Waals surface area contributed by atoms with E-state index in [0.717, 1.165) is 0 Å². The van der Waals surface area contributed by atoms with Gasteiger partial charge in [-0.25, -0.2) is 0 Å². The Morgan fingerprint density at radius 2 is 2.43 bits per heavy atom. The summed E-state index contributed by atoms with van der Waals surface area (Å²) in [6.07, 6.45) is 0. The van der Waals surface area contributed by atoms with Crippen molar-refractivity contribution in [3.8, 4) is 5.95 Å². The first-order chi connectivity index (χ1) is 3.30. The first-order valence-electron chi connectivity index (χ1n) is 1.47. The SMILES string of the molecule is Oc1onnc1F. The third kappa shape index (κ3) is 0.510. The zero-order chi connectivity index (χ0) is 5.28. The highest BCUT2D eigenvalue weighted by atomic mass is 19.1. The van der Waals surface area contributed by atoms with Crippen molar-refractivity contribution in [2.75, 3.05) is 0 Å². The maximum Gasteiger partial charge on any atom is 0.367 e. The van der Waals surface area contributed by atoms with Crippen LogP contribution in [0.5, 0.6) is 5.95 Å². The maximum absolute atomic E-state index is 11.6. The second kappa shape index (κ2) is 1.18. The lowest BCUT2D eigenvalue weighted by molar-refractivity contribution is 0.261. The molecule has 1 aromatic rings. The lowest BCUT2D eigenvalue weighted by Crippen LogP contribution is -1.68. The van der Waals surface area contributed by atoms with E-state index < -0.39 is 11.9 Å². The first kappa shape index (κ1) is 4.04. The van der Waals surface area contributed by atoms with Crippen LogP contribution >= 0.6 is 0 Å². The molecule has 0 aliphatic heterocycles. The second-order valence-electron chi connectivity index (χ2n) is 0.869. The van der Waals surface area contributed by atoms with E-state index in [0.29, 0.717) is 0 Å².